The molecule has 2 aliphatic heterocycles. The van der Waals surface area contributed by atoms with Gasteiger partial charge in [-0.15, -0.1) is 0 Å². The third kappa shape index (κ3) is 4.28. The molecule has 8 nitrogen and oxygen atoms in total. The van der Waals surface area contributed by atoms with Crippen LogP contribution in [-0.4, -0.2) is 41.0 Å². The molecule has 3 heterocycles. The van der Waals surface area contributed by atoms with E-state index in [0.29, 0.717) is 13.0 Å². The Bertz CT molecular complexity index is 957. The summed E-state index contributed by atoms with van der Waals surface area (Å²) in [7, 11) is 0. The van der Waals surface area contributed by atoms with Crippen LogP contribution in [0, 0.1) is 0 Å². The number of benzene rings is 1. The minimum atomic E-state index is -0.618. The zero-order chi connectivity index (χ0) is 21.1. The second kappa shape index (κ2) is 8.45. The second-order valence-corrected chi connectivity index (χ2v) is 8.21. The van der Waals surface area contributed by atoms with Gasteiger partial charge in [-0.05, 0) is 24.8 Å². The molecule has 1 N–H and O–H groups in total. The summed E-state index contributed by atoms with van der Waals surface area (Å²) in [6.45, 7) is 1.87. The molecule has 0 radical (unpaired) electrons. The lowest BCUT2D eigenvalue weighted by atomic mass is 9.90. The standard InChI is InChI=1S/C23H26N4O4/c28-22(29-15-17-5-2-1-3-6-17)26-18-7-4-10-27(14-18)21-19-8-9-23(30-11-12-31-23)13-20(19)24-16-25-21/h1-3,5-6,11-12,16,18H,4,7-10,13-15H2,(H,26,28)/t18-/m1/s1. The molecule has 0 bridgehead atoms. The number of piperidine rings is 1. The van der Waals surface area contributed by atoms with Crippen LogP contribution in [-0.2, 0) is 33.7 Å². The predicted octanol–water partition coefficient (Wildman–Crippen LogP) is 3.07. The summed E-state index contributed by atoms with van der Waals surface area (Å²) < 4.78 is 16.8. The molecule has 1 saturated heterocycles. The molecule has 162 valence electrons. The molecular weight excluding hydrogens is 396 g/mol. The van der Waals surface area contributed by atoms with E-state index in [1.54, 1.807) is 18.9 Å². The van der Waals surface area contributed by atoms with Crippen molar-refractivity contribution in [2.45, 2.75) is 50.5 Å². The minimum Gasteiger partial charge on any atom is -0.456 e. The van der Waals surface area contributed by atoms with Gasteiger partial charge in [0.25, 0.3) is 5.79 Å². The summed E-state index contributed by atoms with van der Waals surface area (Å²) in [5.74, 6) is 0.336. The van der Waals surface area contributed by atoms with Gasteiger partial charge in [-0.3, -0.25) is 0 Å². The summed E-state index contributed by atoms with van der Waals surface area (Å²) in [5, 5.41) is 3.01. The maximum atomic E-state index is 12.3. The number of nitrogens with zero attached hydrogens (tertiary/aromatic N) is 3. The van der Waals surface area contributed by atoms with E-state index >= 15 is 0 Å². The van der Waals surface area contributed by atoms with Gasteiger partial charge in [-0.2, -0.15) is 0 Å². The van der Waals surface area contributed by atoms with Crippen molar-refractivity contribution in [2.24, 2.45) is 0 Å². The molecule has 1 fully saturated rings. The summed E-state index contributed by atoms with van der Waals surface area (Å²) in [6, 6.07) is 9.70. The monoisotopic (exact) mass is 422 g/mol. The lowest BCUT2D eigenvalue weighted by Gasteiger charge is -2.37. The Morgan fingerprint density at radius 1 is 1.23 bits per heavy atom. The number of hydrogen-bond acceptors (Lipinski definition) is 7. The van der Waals surface area contributed by atoms with E-state index in [-0.39, 0.29) is 18.7 Å². The fraction of sp³-hybridized carbons (Fsp3) is 0.435. The van der Waals surface area contributed by atoms with Crippen molar-refractivity contribution >= 4 is 11.9 Å². The number of anilines is 1. The first-order valence-electron chi connectivity index (χ1n) is 10.8. The first-order chi connectivity index (χ1) is 15.2. The fourth-order valence-corrected chi connectivity index (χ4v) is 4.53. The summed E-state index contributed by atoms with van der Waals surface area (Å²) >= 11 is 0. The Hall–Kier alpha value is -3.29. The normalized spacial score (nSPS) is 21.2. The van der Waals surface area contributed by atoms with Crippen molar-refractivity contribution in [3.8, 4) is 0 Å². The molecule has 2 aromatic rings. The highest BCUT2D eigenvalue weighted by Gasteiger charge is 2.41. The SMILES string of the molecule is O=C(N[C@@H]1CCCN(c2ncnc3c2CCC2(C3)OC=CO2)C1)OCc1ccccc1. The van der Waals surface area contributed by atoms with E-state index in [9.17, 15) is 4.79 Å². The van der Waals surface area contributed by atoms with Gasteiger partial charge in [0.05, 0.1) is 12.1 Å². The quantitative estimate of drug-likeness (QED) is 0.810. The molecule has 8 heteroatoms. The van der Waals surface area contributed by atoms with Crippen molar-refractivity contribution < 1.29 is 19.0 Å². The number of hydrogen-bond donors (Lipinski definition) is 1. The Morgan fingerprint density at radius 3 is 2.90 bits per heavy atom. The number of rotatable bonds is 4. The average Bonchev–Trinajstić information content (AvgIpc) is 3.25. The lowest BCUT2D eigenvalue weighted by Crippen LogP contribution is -2.48. The highest BCUT2D eigenvalue weighted by atomic mass is 16.7. The van der Waals surface area contributed by atoms with Gasteiger partial charge < -0.3 is 24.4 Å². The van der Waals surface area contributed by atoms with Crippen LogP contribution in [0.2, 0.25) is 0 Å². The van der Waals surface area contributed by atoms with E-state index in [1.807, 2.05) is 30.3 Å². The third-order valence-corrected chi connectivity index (χ3v) is 6.08. The van der Waals surface area contributed by atoms with Gasteiger partial charge in [0.15, 0.2) is 0 Å². The van der Waals surface area contributed by atoms with Gasteiger partial charge in [0.1, 0.15) is 31.3 Å². The first kappa shape index (κ1) is 19.7. The van der Waals surface area contributed by atoms with Crippen molar-refractivity contribution in [3.05, 3.63) is 66.0 Å². The largest absolute Gasteiger partial charge is 0.456 e. The Balaban J connectivity index is 1.21. The highest BCUT2D eigenvalue weighted by Crippen LogP contribution is 2.38. The third-order valence-electron chi connectivity index (χ3n) is 6.08. The van der Waals surface area contributed by atoms with Gasteiger partial charge in [-0.25, -0.2) is 14.8 Å². The van der Waals surface area contributed by atoms with Gasteiger partial charge >= 0.3 is 6.09 Å². The van der Waals surface area contributed by atoms with E-state index in [0.717, 1.165) is 54.9 Å². The van der Waals surface area contributed by atoms with Crippen LogP contribution in [0.1, 0.15) is 36.1 Å². The van der Waals surface area contributed by atoms with E-state index in [2.05, 4.69) is 20.2 Å². The van der Waals surface area contributed by atoms with Crippen LogP contribution >= 0.6 is 0 Å². The van der Waals surface area contributed by atoms with Crippen LogP contribution in [0.25, 0.3) is 0 Å². The van der Waals surface area contributed by atoms with Crippen LogP contribution < -0.4 is 10.2 Å². The topological polar surface area (TPSA) is 85.8 Å². The van der Waals surface area contributed by atoms with Gasteiger partial charge in [0, 0.05) is 31.1 Å². The smallest absolute Gasteiger partial charge is 0.407 e. The summed E-state index contributed by atoms with van der Waals surface area (Å²) in [5.41, 5.74) is 3.09. The molecule has 1 aromatic carbocycles. The number of amides is 1. The predicted molar refractivity (Wildman–Crippen MR) is 113 cm³/mol. The van der Waals surface area contributed by atoms with Gasteiger partial charge in [0.2, 0.25) is 0 Å². The first-order valence-corrected chi connectivity index (χ1v) is 10.8. The van der Waals surface area contributed by atoms with E-state index in [4.69, 9.17) is 14.2 Å². The van der Waals surface area contributed by atoms with Crippen LogP contribution in [0.5, 0.6) is 0 Å². The maximum absolute atomic E-state index is 12.3. The Labute approximate surface area is 181 Å². The molecule has 1 spiro atoms. The maximum Gasteiger partial charge on any atom is 0.407 e. The highest BCUT2D eigenvalue weighted by molar-refractivity contribution is 5.67. The van der Waals surface area contributed by atoms with Crippen molar-refractivity contribution in [2.75, 3.05) is 18.0 Å². The number of alkyl carbamates (subject to hydrolysis) is 1. The molecule has 1 aliphatic carbocycles. The van der Waals surface area contributed by atoms with E-state index < -0.39 is 5.79 Å². The van der Waals surface area contributed by atoms with Crippen molar-refractivity contribution in [1.82, 2.24) is 15.3 Å². The molecule has 0 unspecified atom stereocenters. The number of carbonyl (C=O) groups excluding carboxylic acids is 1. The molecule has 1 aromatic heterocycles. The number of aromatic nitrogens is 2. The zero-order valence-electron chi connectivity index (χ0n) is 17.3. The summed E-state index contributed by atoms with van der Waals surface area (Å²) in [6.07, 6.45) is 8.48. The van der Waals surface area contributed by atoms with Crippen molar-refractivity contribution in [3.63, 3.8) is 0 Å². The average molecular weight is 422 g/mol. The molecule has 3 aliphatic rings. The Kier molecular flexibility index (Phi) is 5.36. The fourth-order valence-electron chi connectivity index (χ4n) is 4.53. The Morgan fingerprint density at radius 2 is 2.06 bits per heavy atom. The number of carbonyl (C=O) groups is 1. The van der Waals surface area contributed by atoms with Crippen molar-refractivity contribution in [1.29, 1.82) is 0 Å². The molecule has 1 atom stereocenters. The lowest BCUT2D eigenvalue weighted by molar-refractivity contribution is -0.149. The zero-order valence-corrected chi connectivity index (χ0v) is 17.3. The van der Waals surface area contributed by atoms with Gasteiger partial charge in [-0.1, -0.05) is 30.3 Å². The number of ether oxygens (including phenoxy) is 3. The van der Waals surface area contributed by atoms with Crippen LogP contribution in [0.3, 0.4) is 0 Å². The summed E-state index contributed by atoms with van der Waals surface area (Å²) in [4.78, 5) is 23.6. The molecule has 5 rings (SSSR count). The number of nitrogens with one attached hydrogen (secondary N) is 1. The molecule has 1 amide bonds. The van der Waals surface area contributed by atoms with E-state index in [1.165, 1.54) is 0 Å². The minimum absolute atomic E-state index is 0.0169. The second-order valence-electron chi connectivity index (χ2n) is 8.21. The molecule has 0 saturated carbocycles. The van der Waals surface area contributed by atoms with Crippen LogP contribution in [0.15, 0.2) is 49.2 Å². The van der Waals surface area contributed by atoms with Crippen LogP contribution in [0.4, 0.5) is 10.6 Å². The molecular formula is C23H26N4O4. The molecule has 31 heavy (non-hydrogen) atoms. The number of fused-ring (bicyclic) bond motifs is 1.